The van der Waals surface area contributed by atoms with Crippen LogP contribution >= 0.6 is 15.9 Å². The second-order valence-corrected chi connectivity index (χ2v) is 5.09. The number of halogens is 1. The molecule has 1 saturated carbocycles. The van der Waals surface area contributed by atoms with E-state index >= 15 is 0 Å². The van der Waals surface area contributed by atoms with Crippen molar-refractivity contribution >= 4 is 21.7 Å². The Kier molecular flexibility index (Phi) is 3.44. The number of aliphatic hydroxyl groups is 1. The maximum Gasteiger partial charge on any atom is 0.131 e. The summed E-state index contributed by atoms with van der Waals surface area (Å²) in [6, 6.07) is 1.83. The molecule has 1 aromatic rings. The summed E-state index contributed by atoms with van der Waals surface area (Å²) in [5.74, 6) is 1.58. The van der Waals surface area contributed by atoms with Gasteiger partial charge in [0, 0.05) is 19.0 Å². The Morgan fingerprint density at radius 1 is 1.50 bits per heavy atom. The molecular formula is C11H16BrN3O. The Balaban J connectivity index is 2.00. The van der Waals surface area contributed by atoms with Crippen LogP contribution in [0.3, 0.4) is 0 Å². The Bertz CT molecular complexity index is 379. The topological polar surface area (TPSA) is 58.0 Å². The van der Waals surface area contributed by atoms with Gasteiger partial charge in [0.05, 0.1) is 5.60 Å². The van der Waals surface area contributed by atoms with E-state index in [4.69, 9.17) is 0 Å². The minimum atomic E-state index is -0.524. The predicted octanol–water partition coefficient (Wildman–Crippen LogP) is 2.13. The highest BCUT2D eigenvalue weighted by Gasteiger charge is 2.34. The van der Waals surface area contributed by atoms with Crippen molar-refractivity contribution in [1.29, 1.82) is 0 Å². The maximum absolute atomic E-state index is 9.95. The first-order chi connectivity index (χ1) is 7.61. The number of hydrogen-bond acceptors (Lipinski definition) is 4. The van der Waals surface area contributed by atoms with Gasteiger partial charge < -0.3 is 10.4 Å². The molecule has 1 fully saturated rings. The molecule has 16 heavy (non-hydrogen) atoms. The molecule has 0 radical (unpaired) electrons. The van der Waals surface area contributed by atoms with Gasteiger partial charge in [-0.05, 0) is 35.2 Å². The lowest BCUT2D eigenvalue weighted by Crippen LogP contribution is -2.43. The lowest BCUT2D eigenvalue weighted by Gasteiger charge is -2.36. The van der Waals surface area contributed by atoms with Gasteiger partial charge in [0.15, 0.2) is 0 Å². The molecule has 2 rings (SSSR count). The highest BCUT2D eigenvalue weighted by molar-refractivity contribution is 9.10. The summed E-state index contributed by atoms with van der Waals surface area (Å²) in [6.07, 6.45) is 3.68. The maximum atomic E-state index is 9.95. The number of aromatic nitrogens is 2. The smallest absolute Gasteiger partial charge is 0.131 e. The molecule has 0 spiro atoms. The van der Waals surface area contributed by atoms with Gasteiger partial charge in [0.1, 0.15) is 16.2 Å². The normalized spacial score (nSPS) is 17.9. The van der Waals surface area contributed by atoms with Crippen LogP contribution in [0.5, 0.6) is 0 Å². The predicted molar refractivity (Wildman–Crippen MR) is 66.4 cm³/mol. The zero-order chi connectivity index (χ0) is 11.6. The van der Waals surface area contributed by atoms with Crippen LogP contribution in [0.1, 0.15) is 32.0 Å². The molecule has 1 heterocycles. The average molecular weight is 286 g/mol. The Hall–Kier alpha value is -0.680. The van der Waals surface area contributed by atoms with Crippen LogP contribution in [0, 0.1) is 0 Å². The van der Waals surface area contributed by atoms with Gasteiger partial charge in [-0.2, -0.15) is 0 Å². The zero-order valence-electron chi connectivity index (χ0n) is 9.33. The third-order valence-corrected chi connectivity index (χ3v) is 3.35. The van der Waals surface area contributed by atoms with Gasteiger partial charge in [-0.25, -0.2) is 9.97 Å². The summed E-state index contributed by atoms with van der Waals surface area (Å²) >= 11 is 3.35. The van der Waals surface area contributed by atoms with E-state index in [9.17, 15) is 5.11 Å². The zero-order valence-corrected chi connectivity index (χ0v) is 10.9. The third kappa shape index (κ3) is 2.71. The first-order valence-corrected chi connectivity index (χ1v) is 6.40. The fraction of sp³-hybridized carbons (Fsp3) is 0.636. The van der Waals surface area contributed by atoms with Gasteiger partial charge in [-0.15, -0.1) is 0 Å². The largest absolute Gasteiger partial charge is 0.388 e. The number of nitrogens with zero attached hydrogens (tertiary/aromatic N) is 2. The van der Waals surface area contributed by atoms with Gasteiger partial charge >= 0.3 is 0 Å². The molecular weight excluding hydrogens is 270 g/mol. The lowest BCUT2D eigenvalue weighted by molar-refractivity contribution is -0.0202. The summed E-state index contributed by atoms with van der Waals surface area (Å²) in [4.78, 5) is 8.58. The van der Waals surface area contributed by atoms with E-state index in [1.165, 1.54) is 0 Å². The molecule has 1 aromatic heterocycles. The van der Waals surface area contributed by atoms with Crippen molar-refractivity contribution in [1.82, 2.24) is 9.97 Å². The monoisotopic (exact) mass is 285 g/mol. The number of aryl methyl sites for hydroxylation is 1. The molecule has 5 heteroatoms. The third-order valence-electron chi connectivity index (χ3n) is 2.94. The standard InChI is InChI=1S/C11H16BrN3O/c1-2-9-14-8(12)6-10(15-9)13-7-11(16)4-3-5-11/h6,16H,2-5,7H2,1H3,(H,13,14,15). The van der Waals surface area contributed by atoms with Crippen LogP contribution < -0.4 is 5.32 Å². The molecule has 0 aromatic carbocycles. The highest BCUT2D eigenvalue weighted by atomic mass is 79.9. The summed E-state index contributed by atoms with van der Waals surface area (Å²) in [6.45, 7) is 2.59. The van der Waals surface area contributed by atoms with Crippen molar-refractivity contribution in [3.8, 4) is 0 Å². The van der Waals surface area contributed by atoms with E-state index in [1.54, 1.807) is 0 Å². The van der Waals surface area contributed by atoms with Gasteiger partial charge in [0.25, 0.3) is 0 Å². The van der Waals surface area contributed by atoms with Gasteiger partial charge in [-0.1, -0.05) is 6.92 Å². The second-order valence-electron chi connectivity index (χ2n) is 4.28. The van der Waals surface area contributed by atoms with Crippen molar-refractivity contribution in [2.45, 2.75) is 38.2 Å². The van der Waals surface area contributed by atoms with Crippen LogP contribution in [0.15, 0.2) is 10.7 Å². The molecule has 0 bridgehead atoms. The van der Waals surface area contributed by atoms with Crippen LogP contribution in [0.25, 0.3) is 0 Å². The van der Waals surface area contributed by atoms with Crippen LogP contribution in [0.4, 0.5) is 5.82 Å². The first-order valence-electron chi connectivity index (χ1n) is 5.61. The van der Waals surface area contributed by atoms with E-state index in [-0.39, 0.29) is 0 Å². The minimum Gasteiger partial charge on any atom is -0.388 e. The molecule has 0 amide bonds. The summed E-state index contributed by atoms with van der Waals surface area (Å²) in [5, 5.41) is 13.1. The average Bonchev–Trinajstić information content (AvgIpc) is 2.23. The Morgan fingerprint density at radius 2 is 2.25 bits per heavy atom. The van der Waals surface area contributed by atoms with E-state index < -0.39 is 5.60 Å². The highest BCUT2D eigenvalue weighted by Crippen LogP contribution is 2.31. The Labute approximate surface area is 104 Å². The summed E-state index contributed by atoms with van der Waals surface area (Å²) < 4.78 is 0.780. The SMILES string of the molecule is CCc1nc(Br)cc(NCC2(O)CCC2)n1. The number of hydrogen-bond donors (Lipinski definition) is 2. The van der Waals surface area contributed by atoms with Crippen LogP contribution in [-0.2, 0) is 6.42 Å². The van der Waals surface area contributed by atoms with Gasteiger partial charge in [-0.3, -0.25) is 0 Å². The van der Waals surface area contributed by atoms with E-state index in [0.717, 1.165) is 41.9 Å². The molecule has 0 atom stereocenters. The molecule has 4 nitrogen and oxygen atoms in total. The summed E-state index contributed by atoms with van der Waals surface area (Å²) in [7, 11) is 0. The quantitative estimate of drug-likeness (QED) is 0.832. The summed E-state index contributed by atoms with van der Waals surface area (Å²) in [5.41, 5.74) is -0.524. The molecule has 1 aliphatic rings. The molecule has 0 aliphatic heterocycles. The fourth-order valence-electron chi connectivity index (χ4n) is 1.73. The van der Waals surface area contributed by atoms with E-state index in [1.807, 2.05) is 13.0 Å². The van der Waals surface area contributed by atoms with Crippen molar-refractivity contribution in [2.24, 2.45) is 0 Å². The number of anilines is 1. The van der Waals surface area contributed by atoms with Crippen molar-refractivity contribution < 1.29 is 5.11 Å². The Morgan fingerprint density at radius 3 is 2.81 bits per heavy atom. The number of rotatable bonds is 4. The van der Waals surface area contributed by atoms with Gasteiger partial charge in [0.2, 0.25) is 0 Å². The van der Waals surface area contributed by atoms with Crippen molar-refractivity contribution in [2.75, 3.05) is 11.9 Å². The number of nitrogens with one attached hydrogen (secondary N) is 1. The van der Waals surface area contributed by atoms with Crippen LogP contribution in [-0.4, -0.2) is 27.2 Å². The van der Waals surface area contributed by atoms with E-state index in [0.29, 0.717) is 6.54 Å². The molecule has 0 saturated heterocycles. The minimum absolute atomic E-state index is 0.524. The van der Waals surface area contributed by atoms with Crippen LogP contribution in [0.2, 0.25) is 0 Å². The van der Waals surface area contributed by atoms with Crippen molar-refractivity contribution in [3.63, 3.8) is 0 Å². The molecule has 0 unspecified atom stereocenters. The second kappa shape index (κ2) is 4.67. The molecule has 2 N–H and O–H groups in total. The van der Waals surface area contributed by atoms with E-state index in [2.05, 4.69) is 31.2 Å². The van der Waals surface area contributed by atoms with Crippen molar-refractivity contribution in [3.05, 3.63) is 16.5 Å². The lowest BCUT2D eigenvalue weighted by atomic mass is 9.80. The molecule has 1 aliphatic carbocycles. The fourth-order valence-corrected chi connectivity index (χ4v) is 2.15. The first kappa shape index (κ1) is 11.8. The molecule has 88 valence electrons.